The summed E-state index contributed by atoms with van der Waals surface area (Å²) in [5.74, 6) is -5.72. The number of aromatic nitrogens is 7. The minimum atomic E-state index is -1.31. The molecule has 0 fully saturated rings. The number of rotatable bonds is 12. The number of carboxylic acid groups (broad SMARTS) is 3. The number of carbonyl (C=O) groups is 4. The Balaban J connectivity index is 1.14. The molecule has 21 heteroatoms. The molecule has 0 aliphatic carbocycles. The minimum Gasteiger partial charge on any atom is -0.507 e. The fourth-order valence-electron chi connectivity index (χ4n) is 5.57. The van der Waals surface area contributed by atoms with E-state index in [0.717, 1.165) is 0 Å². The number of quaternary nitrogens is 1. The summed E-state index contributed by atoms with van der Waals surface area (Å²) in [6.45, 7) is 0.123. The smallest absolute Gasteiger partial charge is 0.339 e. The predicted molar refractivity (Wildman–Crippen MR) is 190 cm³/mol. The molecule has 0 saturated carbocycles. The van der Waals surface area contributed by atoms with Crippen molar-refractivity contribution in [2.75, 3.05) is 11.6 Å². The van der Waals surface area contributed by atoms with Gasteiger partial charge in [-0.3, -0.25) is 4.79 Å². The molecule has 56 heavy (non-hydrogen) atoms. The largest absolute Gasteiger partial charge is 0.507 e. The minimum absolute atomic E-state index is 0.123. The van der Waals surface area contributed by atoms with Gasteiger partial charge in [0.05, 0.1) is 52.7 Å². The van der Waals surface area contributed by atoms with Crippen molar-refractivity contribution in [3.05, 3.63) is 119 Å². The first-order valence-electron chi connectivity index (χ1n) is 16.3. The molecule has 7 rings (SSSR count). The first-order chi connectivity index (χ1) is 26.8. The first kappa shape index (κ1) is 36.0. The number of carboxylic acids is 3. The number of benzene rings is 3. The lowest BCUT2D eigenvalue weighted by molar-refractivity contribution is -0.696. The molecule has 1 amide bonds. The number of nitrogens with zero attached hydrogens (tertiary/aromatic N) is 8. The third-order valence-corrected chi connectivity index (χ3v) is 8.42. The molecule has 3 aromatic heterocycles. The molecule has 10 N–H and O–H groups in total. The SMILES string of the molecule is O=C(NCCc1cn(-c2ccc(C(=O)O)c(O)c2)nn1)c1cc(C2=CN(c3ccc(C(=O)O)c(O)c3)[NH2+]N2)nc(-c2cn(-c3ccc(C(=O)O)c(O)c3)nn2)c1. The van der Waals surface area contributed by atoms with E-state index < -0.39 is 41.1 Å². The number of carbonyl (C=O) groups excluding carboxylic acids is 1. The average molecular weight is 763 g/mol. The zero-order valence-corrected chi connectivity index (χ0v) is 28.5. The third kappa shape index (κ3) is 7.31. The molecule has 0 bridgehead atoms. The third-order valence-electron chi connectivity index (χ3n) is 8.42. The normalized spacial score (nSPS) is 12.2. The second-order valence-electron chi connectivity index (χ2n) is 12.1. The second-order valence-corrected chi connectivity index (χ2v) is 12.1. The highest BCUT2D eigenvalue weighted by Gasteiger charge is 2.24. The van der Waals surface area contributed by atoms with E-state index in [-0.39, 0.29) is 52.3 Å². The Labute approximate surface area is 313 Å². The molecule has 1 aliphatic heterocycles. The summed E-state index contributed by atoms with van der Waals surface area (Å²) < 4.78 is 2.64. The Morgan fingerprint density at radius 1 is 0.661 bits per heavy atom. The first-order valence-corrected chi connectivity index (χ1v) is 16.3. The van der Waals surface area contributed by atoms with Crippen LogP contribution in [0.1, 0.15) is 52.8 Å². The Morgan fingerprint density at radius 3 is 1.79 bits per heavy atom. The molecule has 6 aromatic rings. The number of nitrogens with two attached hydrogens (primary N) is 1. The maximum atomic E-state index is 13.6. The number of anilines is 1. The summed E-state index contributed by atoms with van der Waals surface area (Å²) in [6.07, 6.45) is 4.91. The van der Waals surface area contributed by atoms with Crippen LogP contribution in [0, 0.1) is 0 Å². The van der Waals surface area contributed by atoms with E-state index in [1.807, 2.05) is 0 Å². The van der Waals surface area contributed by atoms with Gasteiger partial charge in [-0.15, -0.1) is 15.7 Å². The fraction of sp³-hybridized carbons (Fsp3) is 0.0571. The number of hydrogen-bond donors (Lipinski definition) is 9. The molecule has 21 nitrogen and oxygen atoms in total. The van der Waals surface area contributed by atoms with Crippen molar-refractivity contribution in [2.45, 2.75) is 6.42 Å². The van der Waals surface area contributed by atoms with Crippen LogP contribution in [-0.2, 0) is 6.42 Å². The van der Waals surface area contributed by atoms with E-state index >= 15 is 0 Å². The monoisotopic (exact) mass is 762 g/mol. The van der Waals surface area contributed by atoms with Crippen LogP contribution in [0.5, 0.6) is 17.2 Å². The van der Waals surface area contributed by atoms with Crippen molar-refractivity contribution in [3.63, 3.8) is 0 Å². The Kier molecular flexibility index (Phi) is 9.39. The molecule has 0 spiro atoms. The maximum absolute atomic E-state index is 13.6. The lowest BCUT2D eigenvalue weighted by atomic mass is 10.1. The zero-order valence-electron chi connectivity index (χ0n) is 28.5. The maximum Gasteiger partial charge on any atom is 0.339 e. The highest BCUT2D eigenvalue weighted by Crippen LogP contribution is 2.27. The lowest BCUT2D eigenvalue weighted by Gasteiger charge is -2.11. The van der Waals surface area contributed by atoms with Gasteiger partial charge in [-0.05, 0) is 48.5 Å². The highest BCUT2D eigenvalue weighted by atomic mass is 16.4. The van der Waals surface area contributed by atoms with E-state index in [0.29, 0.717) is 28.5 Å². The van der Waals surface area contributed by atoms with Gasteiger partial charge in [0.25, 0.3) is 5.91 Å². The van der Waals surface area contributed by atoms with Crippen molar-refractivity contribution in [1.29, 1.82) is 0 Å². The van der Waals surface area contributed by atoms with Gasteiger partial charge in [0.2, 0.25) is 0 Å². The Morgan fingerprint density at radius 2 is 1.20 bits per heavy atom. The molecule has 0 atom stereocenters. The van der Waals surface area contributed by atoms with Crippen LogP contribution in [0.4, 0.5) is 5.69 Å². The van der Waals surface area contributed by atoms with Crippen LogP contribution in [0.25, 0.3) is 28.5 Å². The van der Waals surface area contributed by atoms with Crippen LogP contribution < -0.4 is 21.3 Å². The van der Waals surface area contributed by atoms with Crippen molar-refractivity contribution in [3.8, 4) is 40.0 Å². The van der Waals surface area contributed by atoms with Crippen LogP contribution in [0.15, 0.2) is 85.3 Å². The van der Waals surface area contributed by atoms with Gasteiger partial charge >= 0.3 is 17.9 Å². The van der Waals surface area contributed by atoms with Gasteiger partial charge in [0.1, 0.15) is 45.3 Å². The van der Waals surface area contributed by atoms with Crippen molar-refractivity contribution < 1.29 is 55.4 Å². The number of amides is 1. The fourth-order valence-corrected chi connectivity index (χ4v) is 5.57. The molecule has 3 aromatic carbocycles. The van der Waals surface area contributed by atoms with Gasteiger partial charge in [-0.25, -0.2) is 34.2 Å². The van der Waals surface area contributed by atoms with Crippen molar-refractivity contribution in [2.24, 2.45) is 0 Å². The Bertz CT molecular complexity index is 2600. The van der Waals surface area contributed by atoms with Crippen LogP contribution in [-0.4, -0.2) is 96.0 Å². The molecular formula is C35H28N11O10+. The molecular weight excluding hydrogens is 734 g/mol. The van der Waals surface area contributed by atoms with E-state index in [1.54, 1.807) is 17.4 Å². The van der Waals surface area contributed by atoms with E-state index in [2.05, 4.69) is 31.4 Å². The van der Waals surface area contributed by atoms with Gasteiger partial charge in [-0.1, -0.05) is 10.4 Å². The van der Waals surface area contributed by atoms with Gasteiger partial charge < -0.3 is 36.0 Å². The van der Waals surface area contributed by atoms with Gasteiger partial charge in [-0.2, -0.15) is 5.01 Å². The lowest BCUT2D eigenvalue weighted by Crippen LogP contribution is -2.97. The quantitative estimate of drug-likeness (QED) is 0.0782. The summed E-state index contributed by atoms with van der Waals surface area (Å²) in [7, 11) is 0. The summed E-state index contributed by atoms with van der Waals surface area (Å²) in [5.41, 5.74) is 6.66. The average Bonchev–Trinajstić information content (AvgIpc) is 3.96. The topological polar surface area (TPSA) is 308 Å². The molecule has 0 saturated heterocycles. The number of pyridine rings is 1. The molecule has 0 radical (unpaired) electrons. The summed E-state index contributed by atoms with van der Waals surface area (Å²) in [6, 6.07) is 14.9. The van der Waals surface area contributed by atoms with Crippen LogP contribution >= 0.6 is 0 Å². The van der Waals surface area contributed by atoms with Gasteiger partial charge in [0, 0.05) is 36.7 Å². The number of aromatic hydroxyl groups is 3. The van der Waals surface area contributed by atoms with E-state index in [1.165, 1.54) is 87.8 Å². The number of hydrogen-bond acceptors (Lipinski definition) is 14. The Hall–Kier alpha value is -8.33. The van der Waals surface area contributed by atoms with Crippen LogP contribution in [0.3, 0.4) is 0 Å². The molecule has 0 unspecified atom stereocenters. The number of phenols is 3. The number of nitrogens with one attached hydrogen (secondary N) is 2. The standard InChI is InChI=1S/C35H27N11O10/c47-29-11-19(1-4-22(29)33(51)52)44-14-18(38-41-44)7-8-36-32(50)17-9-25(27-15-45(42-39-27)20-2-5-23(34(53)54)30(48)12-20)37-26(10-17)28-16-46(43-40-28)21-3-6-24(35(55)56)31(49)13-21/h1-6,9-16,39,42,47-49H,7-8H2,(H,36,50)(H,51,52)(H,53,54)(H,55,56)/p+1. The van der Waals surface area contributed by atoms with Crippen LogP contribution in [0.2, 0.25) is 0 Å². The molecule has 282 valence electrons. The van der Waals surface area contributed by atoms with Crippen molar-refractivity contribution >= 4 is 35.2 Å². The van der Waals surface area contributed by atoms with Gasteiger partial charge in [0.15, 0.2) is 0 Å². The highest BCUT2D eigenvalue weighted by molar-refractivity contribution is 5.96. The summed E-state index contributed by atoms with van der Waals surface area (Å²) in [5, 5.41) is 79.0. The van der Waals surface area contributed by atoms with Crippen molar-refractivity contribution in [1.82, 2.24) is 45.7 Å². The van der Waals surface area contributed by atoms with E-state index in [4.69, 9.17) is 10.1 Å². The summed E-state index contributed by atoms with van der Waals surface area (Å²) in [4.78, 5) is 52.2. The van der Waals surface area contributed by atoms with E-state index in [9.17, 15) is 44.7 Å². The summed E-state index contributed by atoms with van der Waals surface area (Å²) >= 11 is 0. The predicted octanol–water partition coefficient (Wildman–Crippen LogP) is 0.895. The molecule has 4 heterocycles. The molecule has 1 aliphatic rings. The number of aromatic carboxylic acids is 3. The second kappa shape index (κ2) is 14.6. The zero-order chi connectivity index (χ0) is 39.7.